The highest BCUT2D eigenvalue weighted by Crippen LogP contribution is 2.37. The lowest BCUT2D eigenvalue weighted by Crippen LogP contribution is -2.47. The molecule has 0 aromatic carbocycles. The van der Waals surface area contributed by atoms with Crippen LogP contribution < -0.4 is 0 Å². The standard InChI is InChI=1S/C14H21F2NO2/c1-2-10-9-17(8-5-12(10)18)13(19)11-3-6-14(15,16)7-4-11/h10-11H,2-9H2,1H3. The third-order valence-electron chi connectivity index (χ3n) is 4.40. The Bertz CT molecular complexity index is 360. The van der Waals surface area contributed by atoms with Crippen LogP contribution in [-0.4, -0.2) is 35.6 Å². The summed E-state index contributed by atoms with van der Waals surface area (Å²) < 4.78 is 26.2. The molecule has 0 radical (unpaired) electrons. The second-order valence-corrected chi connectivity index (χ2v) is 5.74. The third kappa shape index (κ3) is 3.31. The molecule has 2 fully saturated rings. The predicted octanol–water partition coefficient (Wildman–Crippen LogP) is 2.64. The van der Waals surface area contributed by atoms with Crippen LogP contribution in [0.25, 0.3) is 0 Å². The number of nitrogens with zero attached hydrogens (tertiary/aromatic N) is 1. The van der Waals surface area contributed by atoms with E-state index in [-0.39, 0.29) is 49.2 Å². The van der Waals surface area contributed by atoms with Gasteiger partial charge in [0.1, 0.15) is 5.78 Å². The zero-order chi connectivity index (χ0) is 14.0. The van der Waals surface area contributed by atoms with E-state index in [0.29, 0.717) is 19.5 Å². The zero-order valence-electron chi connectivity index (χ0n) is 11.3. The van der Waals surface area contributed by atoms with Crippen molar-refractivity contribution in [2.24, 2.45) is 11.8 Å². The van der Waals surface area contributed by atoms with Gasteiger partial charge in [0.2, 0.25) is 11.8 Å². The Kier molecular flexibility index (Phi) is 4.21. The van der Waals surface area contributed by atoms with Gasteiger partial charge in [0.15, 0.2) is 0 Å². The van der Waals surface area contributed by atoms with E-state index >= 15 is 0 Å². The van der Waals surface area contributed by atoms with Crippen molar-refractivity contribution in [1.29, 1.82) is 0 Å². The molecule has 1 heterocycles. The Morgan fingerprint density at radius 1 is 1.37 bits per heavy atom. The van der Waals surface area contributed by atoms with E-state index in [1.807, 2.05) is 6.92 Å². The first-order valence-corrected chi connectivity index (χ1v) is 7.12. The monoisotopic (exact) mass is 273 g/mol. The summed E-state index contributed by atoms with van der Waals surface area (Å²) in [4.78, 5) is 25.6. The molecule has 1 amide bonds. The van der Waals surface area contributed by atoms with Crippen molar-refractivity contribution in [2.45, 2.75) is 51.4 Å². The summed E-state index contributed by atoms with van der Waals surface area (Å²) >= 11 is 0. The number of likely N-dealkylation sites (tertiary alicyclic amines) is 1. The number of carbonyl (C=O) groups is 2. The average molecular weight is 273 g/mol. The maximum Gasteiger partial charge on any atom is 0.248 e. The molecule has 0 aromatic rings. The number of carbonyl (C=O) groups excluding carboxylic acids is 2. The van der Waals surface area contributed by atoms with Crippen LogP contribution >= 0.6 is 0 Å². The van der Waals surface area contributed by atoms with E-state index in [0.717, 1.165) is 6.42 Å². The summed E-state index contributed by atoms with van der Waals surface area (Å²) in [5.41, 5.74) is 0. The number of Topliss-reactive ketones (excluding diaryl/α,β-unsaturated/α-hetero) is 1. The van der Waals surface area contributed by atoms with E-state index in [1.54, 1.807) is 4.90 Å². The van der Waals surface area contributed by atoms with Crippen LogP contribution in [0.2, 0.25) is 0 Å². The Morgan fingerprint density at radius 2 is 2.00 bits per heavy atom. The normalized spacial score (nSPS) is 28.5. The van der Waals surface area contributed by atoms with Crippen LogP contribution in [0.15, 0.2) is 0 Å². The van der Waals surface area contributed by atoms with Crippen LogP contribution in [0.1, 0.15) is 45.4 Å². The topological polar surface area (TPSA) is 37.4 Å². The van der Waals surface area contributed by atoms with Crippen LogP contribution in [0, 0.1) is 11.8 Å². The minimum Gasteiger partial charge on any atom is -0.341 e. The van der Waals surface area contributed by atoms with E-state index in [9.17, 15) is 18.4 Å². The molecule has 1 saturated carbocycles. The predicted molar refractivity (Wildman–Crippen MR) is 66.9 cm³/mol. The van der Waals surface area contributed by atoms with Crippen LogP contribution in [0.3, 0.4) is 0 Å². The molecule has 1 atom stereocenters. The van der Waals surface area contributed by atoms with Gasteiger partial charge in [-0.2, -0.15) is 0 Å². The zero-order valence-corrected chi connectivity index (χ0v) is 11.3. The number of hydrogen-bond acceptors (Lipinski definition) is 2. The maximum absolute atomic E-state index is 13.1. The SMILES string of the molecule is CCC1CN(C(=O)C2CCC(F)(F)CC2)CCC1=O. The molecular weight excluding hydrogens is 252 g/mol. The molecule has 0 bridgehead atoms. The van der Waals surface area contributed by atoms with E-state index in [4.69, 9.17) is 0 Å². The van der Waals surface area contributed by atoms with Crippen LogP contribution in [0.4, 0.5) is 8.78 Å². The van der Waals surface area contributed by atoms with Crippen molar-refractivity contribution < 1.29 is 18.4 Å². The van der Waals surface area contributed by atoms with Gasteiger partial charge < -0.3 is 4.90 Å². The van der Waals surface area contributed by atoms with Crippen LogP contribution in [0.5, 0.6) is 0 Å². The molecule has 1 unspecified atom stereocenters. The van der Waals surface area contributed by atoms with Gasteiger partial charge in [-0.15, -0.1) is 0 Å². The van der Waals surface area contributed by atoms with Crippen molar-refractivity contribution >= 4 is 11.7 Å². The highest BCUT2D eigenvalue weighted by molar-refractivity contribution is 5.86. The second kappa shape index (κ2) is 5.55. The molecule has 2 rings (SSSR count). The van der Waals surface area contributed by atoms with Crippen molar-refractivity contribution in [3.63, 3.8) is 0 Å². The molecule has 2 aliphatic rings. The highest BCUT2D eigenvalue weighted by Gasteiger charge is 2.39. The lowest BCUT2D eigenvalue weighted by molar-refractivity contribution is -0.143. The first kappa shape index (κ1) is 14.4. The summed E-state index contributed by atoms with van der Waals surface area (Å²) in [5.74, 6) is -2.74. The van der Waals surface area contributed by atoms with E-state index in [1.165, 1.54) is 0 Å². The summed E-state index contributed by atoms with van der Waals surface area (Å²) in [6.45, 7) is 2.87. The molecule has 108 valence electrons. The number of amides is 1. The summed E-state index contributed by atoms with van der Waals surface area (Å²) in [7, 11) is 0. The number of ketones is 1. The molecular formula is C14H21F2NO2. The summed E-state index contributed by atoms with van der Waals surface area (Å²) in [6.07, 6.45) is 1.32. The van der Waals surface area contributed by atoms with Crippen molar-refractivity contribution in [3.05, 3.63) is 0 Å². The van der Waals surface area contributed by atoms with Crippen molar-refractivity contribution in [2.75, 3.05) is 13.1 Å². The lowest BCUT2D eigenvalue weighted by Gasteiger charge is -2.36. The molecule has 1 aliphatic carbocycles. The molecule has 0 aromatic heterocycles. The Morgan fingerprint density at radius 3 is 2.58 bits per heavy atom. The second-order valence-electron chi connectivity index (χ2n) is 5.74. The third-order valence-corrected chi connectivity index (χ3v) is 4.40. The first-order chi connectivity index (χ1) is 8.93. The highest BCUT2D eigenvalue weighted by atomic mass is 19.3. The summed E-state index contributed by atoms with van der Waals surface area (Å²) in [5, 5.41) is 0. The molecule has 0 spiro atoms. The van der Waals surface area contributed by atoms with Crippen LogP contribution in [-0.2, 0) is 9.59 Å². The van der Waals surface area contributed by atoms with Crippen molar-refractivity contribution in [3.8, 4) is 0 Å². The fraction of sp³-hybridized carbons (Fsp3) is 0.857. The van der Waals surface area contributed by atoms with Gasteiger partial charge in [-0.1, -0.05) is 6.92 Å². The van der Waals surface area contributed by atoms with Gasteiger partial charge in [0.25, 0.3) is 0 Å². The van der Waals surface area contributed by atoms with Gasteiger partial charge in [-0.05, 0) is 19.3 Å². The average Bonchev–Trinajstić information content (AvgIpc) is 2.38. The molecule has 1 aliphatic heterocycles. The van der Waals surface area contributed by atoms with Gasteiger partial charge in [0, 0.05) is 44.2 Å². The van der Waals surface area contributed by atoms with Gasteiger partial charge in [-0.3, -0.25) is 9.59 Å². The number of rotatable bonds is 2. The Labute approximate surface area is 112 Å². The number of piperidine rings is 1. The van der Waals surface area contributed by atoms with Gasteiger partial charge in [-0.25, -0.2) is 8.78 Å². The Balaban J connectivity index is 1.92. The molecule has 5 heteroatoms. The number of halogens is 2. The lowest BCUT2D eigenvalue weighted by atomic mass is 9.85. The molecule has 1 saturated heterocycles. The largest absolute Gasteiger partial charge is 0.341 e. The summed E-state index contributed by atoms with van der Waals surface area (Å²) in [6, 6.07) is 0. The number of hydrogen-bond donors (Lipinski definition) is 0. The minimum absolute atomic E-state index is 0.0264. The Hall–Kier alpha value is -1.00. The molecule has 0 N–H and O–H groups in total. The van der Waals surface area contributed by atoms with Gasteiger partial charge >= 0.3 is 0 Å². The fourth-order valence-electron chi connectivity index (χ4n) is 3.01. The van der Waals surface area contributed by atoms with E-state index in [2.05, 4.69) is 0 Å². The van der Waals surface area contributed by atoms with Crippen molar-refractivity contribution in [1.82, 2.24) is 4.90 Å². The molecule has 19 heavy (non-hydrogen) atoms. The van der Waals surface area contributed by atoms with E-state index < -0.39 is 5.92 Å². The molecule has 3 nitrogen and oxygen atoms in total. The smallest absolute Gasteiger partial charge is 0.248 e. The maximum atomic E-state index is 13.1. The first-order valence-electron chi connectivity index (χ1n) is 7.12. The minimum atomic E-state index is -2.60. The fourth-order valence-corrected chi connectivity index (χ4v) is 3.01. The van der Waals surface area contributed by atoms with Gasteiger partial charge in [0.05, 0.1) is 0 Å². The number of alkyl halides is 2. The quantitative estimate of drug-likeness (QED) is 0.775.